The maximum atomic E-state index is 5.38. The van der Waals surface area contributed by atoms with Crippen LogP contribution in [0.1, 0.15) is 27.2 Å². The van der Waals surface area contributed by atoms with Crippen LogP contribution in [0.5, 0.6) is 0 Å². The average Bonchev–Trinajstić information content (AvgIpc) is 2.29. The zero-order valence-corrected chi connectivity index (χ0v) is 10.2. The summed E-state index contributed by atoms with van der Waals surface area (Å²) >= 11 is 0. The first kappa shape index (κ1) is 12.5. The van der Waals surface area contributed by atoms with E-state index in [1.807, 2.05) is 0 Å². The van der Waals surface area contributed by atoms with Crippen LogP contribution in [0.15, 0.2) is 23.8 Å². The molecule has 1 rings (SSSR count). The molecule has 1 aliphatic rings. The fourth-order valence-electron chi connectivity index (χ4n) is 2.12. The van der Waals surface area contributed by atoms with Crippen molar-refractivity contribution in [3.8, 4) is 0 Å². The zero-order chi connectivity index (χ0) is 11.1. The molecular weight excluding hydrogens is 186 g/mol. The lowest BCUT2D eigenvalue weighted by Gasteiger charge is -2.34. The standard InChI is InChI=1S/C13H23NO/c1-4-6-7-12(3)13(5-2)14-8-10-15-11-9-14/h4,6-7,13H,5,8-11H2,1-3H3/b6-4-,12-7+. The van der Waals surface area contributed by atoms with Gasteiger partial charge in [-0.1, -0.05) is 30.7 Å². The third-order valence-corrected chi connectivity index (χ3v) is 2.95. The van der Waals surface area contributed by atoms with E-state index in [0.29, 0.717) is 6.04 Å². The van der Waals surface area contributed by atoms with Crippen LogP contribution in [0, 0.1) is 0 Å². The molecule has 0 N–H and O–H groups in total. The van der Waals surface area contributed by atoms with E-state index in [1.165, 1.54) is 12.0 Å². The average molecular weight is 209 g/mol. The lowest BCUT2D eigenvalue weighted by molar-refractivity contribution is 0.0230. The van der Waals surface area contributed by atoms with Gasteiger partial charge in [0.05, 0.1) is 13.2 Å². The second-order valence-electron chi connectivity index (χ2n) is 4.01. The maximum absolute atomic E-state index is 5.38. The molecule has 0 aromatic carbocycles. The van der Waals surface area contributed by atoms with Gasteiger partial charge in [0.25, 0.3) is 0 Å². The molecule has 15 heavy (non-hydrogen) atoms. The number of ether oxygens (including phenoxy) is 1. The minimum absolute atomic E-state index is 0.588. The summed E-state index contributed by atoms with van der Waals surface area (Å²) in [6.45, 7) is 10.4. The highest BCUT2D eigenvalue weighted by Crippen LogP contribution is 2.15. The van der Waals surface area contributed by atoms with E-state index in [4.69, 9.17) is 4.74 Å². The van der Waals surface area contributed by atoms with Gasteiger partial charge in [-0.25, -0.2) is 0 Å². The van der Waals surface area contributed by atoms with E-state index in [0.717, 1.165) is 26.3 Å². The topological polar surface area (TPSA) is 12.5 Å². The number of hydrogen-bond donors (Lipinski definition) is 0. The van der Waals surface area contributed by atoms with Gasteiger partial charge < -0.3 is 4.74 Å². The monoisotopic (exact) mass is 209 g/mol. The summed E-state index contributed by atoms with van der Waals surface area (Å²) in [6.07, 6.45) is 7.61. The molecular formula is C13H23NO. The van der Waals surface area contributed by atoms with E-state index in [2.05, 4.69) is 43.9 Å². The Morgan fingerprint density at radius 2 is 2.07 bits per heavy atom. The molecule has 0 bridgehead atoms. The molecule has 0 radical (unpaired) electrons. The van der Waals surface area contributed by atoms with Crippen molar-refractivity contribution in [1.82, 2.24) is 4.90 Å². The van der Waals surface area contributed by atoms with E-state index in [9.17, 15) is 0 Å². The van der Waals surface area contributed by atoms with Crippen LogP contribution in [-0.4, -0.2) is 37.2 Å². The fourth-order valence-corrected chi connectivity index (χ4v) is 2.12. The fraction of sp³-hybridized carbons (Fsp3) is 0.692. The van der Waals surface area contributed by atoms with Crippen LogP contribution < -0.4 is 0 Å². The van der Waals surface area contributed by atoms with Crippen molar-refractivity contribution in [2.45, 2.75) is 33.2 Å². The summed E-state index contributed by atoms with van der Waals surface area (Å²) in [7, 11) is 0. The van der Waals surface area contributed by atoms with Gasteiger partial charge in [0.1, 0.15) is 0 Å². The van der Waals surface area contributed by atoms with Crippen molar-refractivity contribution in [3.63, 3.8) is 0 Å². The van der Waals surface area contributed by atoms with Gasteiger partial charge in [-0.15, -0.1) is 0 Å². The number of morpholine rings is 1. The SMILES string of the molecule is C/C=C\C=C(/C)C(CC)N1CCOCC1. The summed E-state index contributed by atoms with van der Waals surface area (Å²) in [5.41, 5.74) is 1.46. The number of allylic oxidation sites excluding steroid dienone is 3. The molecule has 0 aromatic heterocycles. The normalized spacial score (nSPS) is 22.2. The molecule has 1 fully saturated rings. The largest absolute Gasteiger partial charge is 0.379 e. The molecule has 86 valence electrons. The predicted octanol–water partition coefficient (Wildman–Crippen LogP) is 2.62. The van der Waals surface area contributed by atoms with Crippen LogP contribution in [-0.2, 0) is 4.74 Å². The minimum atomic E-state index is 0.588. The van der Waals surface area contributed by atoms with Crippen molar-refractivity contribution in [2.75, 3.05) is 26.3 Å². The molecule has 1 saturated heterocycles. The van der Waals surface area contributed by atoms with E-state index < -0.39 is 0 Å². The van der Waals surface area contributed by atoms with Gasteiger partial charge in [-0.3, -0.25) is 4.90 Å². The number of hydrogen-bond acceptors (Lipinski definition) is 2. The van der Waals surface area contributed by atoms with Crippen molar-refractivity contribution in [1.29, 1.82) is 0 Å². The Labute approximate surface area is 93.6 Å². The quantitative estimate of drug-likeness (QED) is 0.660. The lowest BCUT2D eigenvalue weighted by atomic mass is 10.0. The summed E-state index contributed by atoms with van der Waals surface area (Å²) in [5.74, 6) is 0. The predicted molar refractivity (Wildman–Crippen MR) is 65.0 cm³/mol. The zero-order valence-electron chi connectivity index (χ0n) is 10.2. The second kappa shape index (κ2) is 6.81. The molecule has 0 aromatic rings. The third-order valence-electron chi connectivity index (χ3n) is 2.95. The van der Waals surface area contributed by atoms with Gasteiger partial charge in [0, 0.05) is 19.1 Å². The van der Waals surface area contributed by atoms with Crippen molar-refractivity contribution >= 4 is 0 Å². The highest BCUT2D eigenvalue weighted by molar-refractivity contribution is 5.15. The first-order valence-corrected chi connectivity index (χ1v) is 5.90. The smallest absolute Gasteiger partial charge is 0.0594 e. The van der Waals surface area contributed by atoms with Gasteiger partial charge in [-0.05, 0) is 20.3 Å². The van der Waals surface area contributed by atoms with Crippen LogP contribution in [0.4, 0.5) is 0 Å². The van der Waals surface area contributed by atoms with Crippen LogP contribution >= 0.6 is 0 Å². The Morgan fingerprint density at radius 3 is 2.60 bits per heavy atom. The van der Waals surface area contributed by atoms with Crippen LogP contribution in [0.2, 0.25) is 0 Å². The van der Waals surface area contributed by atoms with Gasteiger partial charge >= 0.3 is 0 Å². The van der Waals surface area contributed by atoms with Gasteiger partial charge in [-0.2, -0.15) is 0 Å². The molecule has 0 spiro atoms. The van der Waals surface area contributed by atoms with Crippen LogP contribution in [0.3, 0.4) is 0 Å². The second-order valence-corrected chi connectivity index (χ2v) is 4.01. The number of rotatable bonds is 4. The Hall–Kier alpha value is -0.600. The maximum Gasteiger partial charge on any atom is 0.0594 e. The summed E-state index contributed by atoms with van der Waals surface area (Å²) in [6, 6.07) is 0.588. The van der Waals surface area contributed by atoms with Crippen molar-refractivity contribution < 1.29 is 4.74 Å². The third kappa shape index (κ3) is 3.80. The van der Waals surface area contributed by atoms with E-state index in [1.54, 1.807) is 0 Å². The molecule has 1 aliphatic heterocycles. The molecule has 0 amide bonds. The Morgan fingerprint density at radius 1 is 1.40 bits per heavy atom. The summed E-state index contributed by atoms with van der Waals surface area (Å²) in [5, 5.41) is 0. The van der Waals surface area contributed by atoms with Gasteiger partial charge in [0.15, 0.2) is 0 Å². The van der Waals surface area contributed by atoms with Crippen LogP contribution in [0.25, 0.3) is 0 Å². The first-order valence-electron chi connectivity index (χ1n) is 5.90. The van der Waals surface area contributed by atoms with Crippen molar-refractivity contribution in [3.05, 3.63) is 23.8 Å². The molecule has 2 nitrogen and oxygen atoms in total. The van der Waals surface area contributed by atoms with Gasteiger partial charge in [0.2, 0.25) is 0 Å². The molecule has 1 unspecified atom stereocenters. The Bertz CT molecular complexity index is 227. The Balaban J connectivity index is 2.60. The number of nitrogens with zero attached hydrogens (tertiary/aromatic N) is 1. The highest BCUT2D eigenvalue weighted by atomic mass is 16.5. The first-order chi connectivity index (χ1) is 7.29. The molecule has 0 aliphatic carbocycles. The van der Waals surface area contributed by atoms with Crippen molar-refractivity contribution in [2.24, 2.45) is 0 Å². The molecule has 1 atom stereocenters. The lowest BCUT2D eigenvalue weighted by Crippen LogP contribution is -2.43. The summed E-state index contributed by atoms with van der Waals surface area (Å²) < 4.78 is 5.38. The Kier molecular flexibility index (Phi) is 5.66. The van der Waals surface area contributed by atoms with E-state index in [-0.39, 0.29) is 0 Å². The summed E-state index contributed by atoms with van der Waals surface area (Å²) in [4.78, 5) is 2.53. The minimum Gasteiger partial charge on any atom is -0.379 e. The molecule has 2 heteroatoms. The highest BCUT2D eigenvalue weighted by Gasteiger charge is 2.19. The molecule has 0 saturated carbocycles. The van der Waals surface area contributed by atoms with E-state index >= 15 is 0 Å². The molecule has 1 heterocycles.